The van der Waals surface area contributed by atoms with Gasteiger partial charge in [0, 0.05) is 24.3 Å². The first-order chi connectivity index (χ1) is 10.7. The van der Waals surface area contributed by atoms with Gasteiger partial charge in [0.15, 0.2) is 5.96 Å². The van der Waals surface area contributed by atoms with Crippen LogP contribution in [0.1, 0.15) is 10.7 Å². The van der Waals surface area contributed by atoms with Crippen molar-refractivity contribution in [3.63, 3.8) is 0 Å². The number of nitrogens with one attached hydrogen (secondary N) is 3. The van der Waals surface area contributed by atoms with Crippen molar-refractivity contribution in [1.29, 1.82) is 0 Å². The molecular weight excluding hydrogens is 300 g/mol. The molecule has 0 unspecified atom stereocenters. The predicted molar refractivity (Wildman–Crippen MR) is 87.9 cm³/mol. The molecule has 0 saturated heterocycles. The maximum atomic E-state index is 11.8. The summed E-state index contributed by atoms with van der Waals surface area (Å²) in [6, 6.07) is 3.54. The van der Waals surface area contributed by atoms with Crippen LogP contribution in [0.3, 0.4) is 0 Å². The zero-order chi connectivity index (χ0) is 15.8. The lowest BCUT2D eigenvalue weighted by molar-refractivity contribution is -0.115. The third-order valence-electron chi connectivity index (χ3n) is 2.66. The normalized spacial score (nSPS) is 11.1. The minimum absolute atomic E-state index is 0.117. The summed E-state index contributed by atoms with van der Waals surface area (Å²) in [7, 11) is 1.65. The Morgan fingerprint density at radius 1 is 1.41 bits per heavy atom. The Morgan fingerprint density at radius 3 is 2.91 bits per heavy atom. The lowest BCUT2D eigenvalue weighted by Crippen LogP contribution is -2.41. The van der Waals surface area contributed by atoms with E-state index in [1.165, 1.54) is 0 Å². The number of carbonyl (C=O) groups excluding carboxylic acids is 1. The Labute approximate surface area is 132 Å². The fraction of sp³-hybridized carbons (Fsp3) is 0.286. The van der Waals surface area contributed by atoms with Gasteiger partial charge in [0.1, 0.15) is 5.01 Å². The molecule has 0 fully saturated rings. The van der Waals surface area contributed by atoms with E-state index in [1.807, 2.05) is 12.3 Å². The number of rotatable bonds is 5. The molecule has 0 saturated carbocycles. The van der Waals surface area contributed by atoms with E-state index < -0.39 is 0 Å². The summed E-state index contributed by atoms with van der Waals surface area (Å²) in [4.78, 5) is 24.2. The molecule has 2 heterocycles. The number of aromatic nitrogens is 2. The highest BCUT2D eigenvalue weighted by molar-refractivity contribution is 7.09. The van der Waals surface area contributed by atoms with Crippen molar-refractivity contribution in [2.75, 3.05) is 18.9 Å². The van der Waals surface area contributed by atoms with Gasteiger partial charge in [-0.15, -0.1) is 11.3 Å². The number of anilines is 1. The first kappa shape index (κ1) is 15.9. The summed E-state index contributed by atoms with van der Waals surface area (Å²) in [5, 5.41) is 11.8. The smallest absolute Gasteiger partial charge is 0.243 e. The molecule has 0 bridgehead atoms. The third kappa shape index (κ3) is 5.13. The molecule has 2 rings (SSSR count). The summed E-state index contributed by atoms with van der Waals surface area (Å²) in [5.74, 6) is 0.384. The van der Waals surface area contributed by atoms with Gasteiger partial charge in [-0.2, -0.15) is 0 Å². The summed E-state index contributed by atoms with van der Waals surface area (Å²) >= 11 is 1.59. The summed E-state index contributed by atoms with van der Waals surface area (Å²) in [6.07, 6.45) is 3.25. The van der Waals surface area contributed by atoms with Crippen LogP contribution in [0.2, 0.25) is 0 Å². The molecule has 0 aliphatic rings. The third-order valence-corrected chi connectivity index (χ3v) is 3.63. The van der Waals surface area contributed by atoms with E-state index >= 15 is 0 Å². The van der Waals surface area contributed by atoms with Gasteiger partial charge in [0.25, 0.3) is 0 Å². The van der Waals surface area contributed by atoms with E-state index in [4.69, 9.17) is 0 Å². The second-order valence-electron chi connectivity index (χ2n) is 4.45. The highest BCUT2D eigenvalue weighted by Crippen LogP contribution is 2.07. The van der Waals surface area contributed by atoms with E-state index in [2.05, 4.69) is 30.9 Å². The number of aryl methyl sites for hydroxylation is 1. The molecule has 0 radical (unpaired) electrons. The van der Waals surface area contributed by atoms with E-state index in [9.17, 15) is 4.79 Å². The van der Waals surface area contributed by atoms with Crippen LogP contribution in [-0.2, 0) is 11.3 Å². The molecule has 116 valence electrons. The number of pyridine rings is 1. The Morgan fingerprint density at radius 2 is 2.27 bits per heavy atom. The summed E-state index contributed by atoms with van der Waals surface area (Å²) in [5.41, 5.74) is 1.66. The molecule has 2 aromatic rings. The van der Waals surface area contributed by atoms with Crippen LogP contribution in [0, 0.1) is 6.92 Å². The second kappa shape index (κ2) is 8.08. The SMILES string of the molecule is CN=C(NCC(=O)Nc1cccnc1)NCc1nc(C)cs1. The number of aliphatic imine (C=N–C) groups is 1. The first-order valence-electron chi connectivity index (χ1n) is 6.73. The predicted octanol–water partition coefficient (Wildman–Crippen LogP) is 1.15. The van der Waals surface area contributed by atoms with E-state index in [0.717, 1.165) is 10.7 Å². The number of thiazole rings is 1. The first-order valence-corrected chi connectivity index (χ1v) is 7.60. The highest BCUT2D eigenvalue weighted by atomic mass is 32.1. The number of carbonyl (C=O) groups is 1. The molecule has 0 atom stereocenters. The van der Waals surface area contributed by atoms with Crippen molar-refractivity contribution in [2.45, 2.75) is 13.5 Å². The Kier molecular flexibility index (Phi) is 5.84. The molecular formula is C14H18N6OS. The molecule has 0 aliphatic carbocycles. The highest BCUT2D eigenvalue weighted by Gasteiger charge is 2.05. The van der Waals surface area contributed by atoms with Crippen molar-refractivity contribution in [2.24, 2.45) is 4.99 Å². The van der Waals surface area contributed by atoms with E-state index in [-0.39, 0.29) is 12.5 Å². The number of nitrogens with zero attached hydrogens (tertiary/aromatic N) is 3. The van der Waals surface area contributed by atoms with Gasteiger partial charge in [-0.25, -0.2) is 4.98 Å². The number of hydrogen-bond acceptors (Lipinski definition) is 5. The van der Waals surface area contributed by atoms with Gasteiger partial charge in [0.05, 0.1) is 25.0 Å². The number of guanidine groups is 1. The average Bonchev–Trinajstić information content (AvgIpc) is 2.94. The fourth-order valence-electron chi connectivity index (χ4n) is 1.67. The van der Waals surface area contributed by atoms with Crippen LogP contribution >= 0.6 is 11.3 Å². The van der Waals surface area contributed by atoms with Crippen molar-refractivity contribution >= 4 is 28.9 Å². The maximum absolute atomic E-state index is 11.8. The summed E-state index contributed by atoms with van der Waals surface area (Å²) < 4.78 is 0. The van der Waals surface area contributed by atoms with Crippen LogP contribution in [0.25, 0.3) is 0 Å². The molecule has 0 aliphatic heterocycles. The van der Waals surface area contributed by atoms with Gasteiger partial charge >= 0.3 is 0 Å². The quantitative estimate of drug-likeness (QED) is 0.568. The molecule has 22 heavy (non-hydrogen) atoms. The zero-order valence-electron chi connectivity index (χ0n) is 12.5. The standard InChI is InChI=1S/C14H18N6OS/c1-10-9-22-13(19-10)8-18-14(15-2)17-7-12(21)20-11-4-3-5-16-6-11/h3-6,9H,7-8H2,1-2H3,(H,20,21)(H2,15,17,18). The van der Waals surface area contributed by atoms with Gasteiger partial charge in [-0.1, -0.05) is 0 Å². The average molecular weight is 318 g/mol. The van der Waals surface area contributed by atoms with Crippen LogP contribution in [-0.4, -0.2) is 35.4 Å². The lowest BCUT2D eigenvalue weighted by Gasteiger charge is -2.11. The monoisotopic (exact) mass is 318 g/mol. The van der Waals surface area contributed by atoms with Crippen molar-refractivity contribution in [3.8, 4) is 0 Å². The van der Waals surface area contributed by atoms with Gasteiger partial charge < -0.3 is 16.0 Å². The second-order valence-corrected chi connectivity index (χ2v) is 5.39. The Bertz CT molecular complexity index is 640. The number of hydrogen-bond donors (Lipinski definition) is 3. The van der Waals surface area contributed by atoms with Crippen molar-refractivity contribution in [1.82, 2.24) is 20.6 Å². The molecule has 1 amide bonds. The molecule has 7 nitrogen and oxygen atoms in total. The largest absolute Gasteiger partial charge is 0.350 e. The zero-order valence-corrected chi connectivity index (χ0v) is 13.3. The van der Waals surface area contributed by atoms with Gasteiger partial charge in [-0.3, -0.25) is 14.8 Å². The molecule has 3 N–H and O–H groups in total. The van der Waals surface area contributed by atoms with E-state index in [1.54, 1.807) is 42.9 Å². The molecule has 2 aromatic heterocycles. The van der Waals surface area contributed by atoms with Crippen LogP contribution < -0.4 is 16.0 Å². The topological polar surface area (TPSA) is 91.3 Å². The van der Waals surface area contributed by atoms with Crippen LogP contribution in [0.5, 0.6) is 0 Å². The molecule has 0 spiro atoms. The van der Waals surface area contributed by atoms with Gasteiger partial charge in [-0.05, 0) is 19.1 Å². The van der Waals surface area contributed by atoms with Crippen molar-refractivity contribution in [3.05, 3.63) is 40.6 Å². The minimum atomic E-state index is -0.166. The maximum Gasteiger partial charge on any atom is 0.243 e. The molecule has 8 heteroatoms. The molecule has 0 aromatic carbocycles. The Hall–Kier alpha value is -2.48. The number of amides is 1. The van der Waals surface area contributed by atoms with Crippen LogP contribution in [0.4, 0.5) is 5.69 Å². The van der Waals surface area contributed by atoms with E-state index in [0.29, 0.717) is 18.2 Å². The lowest BCUT2D eigenvalue weighted by atomic mass is 10.4. The van der Waals surface area contributed by atoms with Crippen molar-refractivity contribution < 1.29 is 4.79 Å². The van der Waals surface area contributed by atoms with Crippen LogP contribution in [0.15, 0.2) is 34.9 Å². The van der Waals surface area contributed by atoms with Gasteiger partial charge in [0.2, 0.25) is 5.91 Å². The Balaban J connectivity index is 1.75. The summed E-state index contributed by atoms with van der Waals surface area (Å²) in [6.45, 7) is 2.64. The minimum Gasteiger partial charge on any atom is -0.350 e. The fourth-order valence-corrected chi connectivity index (χ4v) is 2.38.